The number of halogens is 3. The van der Waals surface area contributed by atoms with Gasteiger partial charge in [-0.3, -0.25) is 4.79 Å². The van der Waals surface area contributed by atoms with Crippen molar-refractivity contribution in [2.24, 2.45) is 0 Å². The third kappa shape index (κ3) is 3.50. The molecule has 1 aliphatic carbocycles. The Morgan fingerprint density at radius 2 is 2.05 bits per heavy atom. The zero-order valence-electron chi connectivity index (χ0n) is 11.7. The van der Waals surface area contributed by atoms with Crippen LogP contribution in [0.1, 0.15) is 28.8 Å². The summed E-state index contributed by atoms with van der Waals surface area (Å²) in [6, 6.07) is 11.8. The minimum absolute atomic E-state index is 0.113. The van der Waals surface area contributed by atoms with Gasteiger partial charge >= 0.3 is 0 Å². The average Bonchev–Trinajstić information content (AvgIpc) is 3.31. The van der Waals surface area contributed by atoms with Crippen LogP contribution >= 0.6 is 27.5 Å². The number of carbonyl (C=O) groups is 1. The van der Waals surface area contributed by atoms with Gasteiger partial charge in [0, 0.05) is 17.1 Å². The van der Waals surface area contributed by atoms with Gasteiger partial charge in [0.25, 0.3) is 5.91 Å². The molecule has 1 fully saturated rings. The summed E-state index contributed by atoms with van der Waals surface area (Å²) in [7, 11) is 0. The zero-order valence-corrected chi connectivity index (χ0v) is 14.1. The van der Waals surface area contributed by atoms with Gasteiger partial charge < -0.3 is 4.90 Å². The first kappa shape index (κ1) is 15.5. The van der Waals surface area contributed by atoms with E-state index in [0.717, 1.165) is 22.9 Å². The van der Waals surface area contributed by atoms with E-state index in [1.54, 1.807) is 29.2 Å². The van der Waals surface area contributed by atoms with E-state index >= 15 is 0 Å². The Morgan fingerprint density at radius 1 is 1.27 bits per heavy atom. The number of benzene rings is 2. The number of nitrogens with zero attached hydrogens (tertiary/aromatic N) is 1. The molecule has 0 spiro atoms. The largest absolute Gasteiger partial charge is 0.331 e. The van der Waals surface area contributed by atoms with Crippen LogP contribution in [0.4, 0.5) is 4.39 Å². The van der Waals surface area contributed by atoms with Crippen molar-refractivity contribution in [2.75, 3.05) is 0 Å². The third-order valence-electron chi connectivity index (χ3n) is 3.65. The maximum atomic E-state index is 13.3. The van der Waals surface area contributed by atoms with Crippen LogP contribution in [-0.4, -0.2) is 16.8 Å². The molecular formula is C17H14BrClFNO. The van der Waals surface area contributed by atoms with Gasteiger partial charge in [-0.15, -0.1) is 0 Å². The van der Waals surface area contributed by atoms with E-state index in [1.165, 1.54) is 12.1 Å². The number of rotatable bonds is 4. The van der Waals surface area contributed by atoms with Gasteiger partial charge in [0.2, 0.25) is 0 Å². The Bertz CT molecular complexity index is 718. The van der Waals surface area contributed by atoms with E-state index in [1.807, 2.05) is 6.07 Å². The summed E-state index contributed by atoms with van der Waals surface area (Å²) in [6.45, 7) is 0.393. The molecule has 0 atom stereocenters. The Balaban J connectivity index is 1.88. The smallest absolute Gasteiger partial charge is 0.255 e. The summed E-state index contributed by atoms with van der Waals surface area (Å²) >= 11 is 9.52. The predicted molar refractivity (Wildman–Crippen MR) is 88.4 cm³/mol. The molecule has 0 saturated heterocycles. The van der Waals surface area contributed by atoms with Crippen LogP contribution in [0.2, 0.25) is 5.02 Å². The highest BCUT2D eigenvalue weighted by atomic mass is 79.9. The molecule has 2 aromatic rings. The molecule has 5 heteroatoms. The van der Waals surface area contributed by atoms with Crippen molar-refractivity contribution in [3.63, 3.8) is 0 Å². The first-order chi connectivity index (χ1) is 10.5. The molecule has 1 saturated carbocycles. The molecular weight excluding hydrogens is 369 g/mol. The topological polar surface area (TPSA) is 20.3 Å². The molecule has 2 aromatic carbocycles. The van der Waals surface area contributed by atoms with Crippen LogP contribution in [0, 0.1) is 5.82 Å². The minimum Gasteiger partial charge on any atom is -0.331 e. The predicted octanol–water partition coefficient (Wildman–Crippen LogP) is 5.05. The zero-order chi connectivity index (χ0) is 15.7. The molecule has 22 heavy (non-hydrogen) atoms. The lowest BCUT2D eigenvalue weighted by molar-refractivity contribution is 0.0730. The van der Waals surface area contributed by atoms with Crippen LogP contribution < -0.4 is 0 Å². The lowest BCUT2D eigenvalue weighted by Crippen LogP contribution is -2.32. The van der Waals surface area contributed by atoms with Gasteiger partial charge in [0.15, 0.2) is 0 Å². The maximum Gasteiger partial charge on any atom is 0.255 e. The van der Waals surface area contributed by atoms with E-state index in [2.05, 4.69) is 15.9 Å². The van der Waals surface area contributed by atoms with Crippen LogP contribution in [0.5, 0.6) is 0 Å². The van der Waals surface area contributed by atoms with Gasteiger partial charge in [-0.25, -0.2) is 4.39 Å². The van der Waals surface area contributed by atoms with Crippen molar-refractivity contribution in [1.29, 1.82) is 0 Å². The van der Waals surface area contributed by atoms with E-state index in [-0.39, 0.29) is 17.8 Å². The fourth-order valence-electron chi connectivity index (χ4n) is 2.40. The number of hydrogen-bond acceptors (Lipinski definition) is 1. The second-order valence-corrected chi connectivity index (χ2v) is 6.74. The molecule has 3 rings (SSSR count). The van der Waals surface area contributed by atoms with Crippen molar-refractivity contribution in [1.82, 2.24) is 4.90 Å². The Morgan fingerprint density at radius 3 is 2.73 bits per heavy atom. The summed E-state index contributed by atoms with van der Waals surface area (Å²) in [6.07, 6.45) is 1.96. The fourth-order valence-corrected chi connectivity index (χ4v) is 2.96. The standard InChI is InChI=1S/C17H14BrClFNO/c18-12-4-7-16(19)15(9-12)17(22)21(14-5-6-14)10-11-2-1-3-13(20)8-11/h1-4,7-9,14H,5-6,10H2. The third-order valence-corrected chi connectivity index (χ3v) is 4.47. The molecule has 0 bridgehead atoms. The Hall–Kier alpha value is -1.39. The van der Waals surface area contributed by atoms with Gasteiger partial charge in [0.05, 0.1) is 10.6 Å². The molecule has 0 unspecified atom stereocenters. The number of carbonyl (C=O) groups excluding carboxylic acids is 1. The van der Waals surface area contributed by atoms with Crippen LogP contribution in [0.25, 0.3) is 0 Å². The highest BCUT2D eigenvalue weighted by Crippen LogP contribution is 2.32. The van der Waals surface area contributed by atoms with Crippen LogP contribution in [0.15, 0.2) is 46.9 Å². The molecule has 1 aliphatic rings. The molecule has 0 radical (unpaired) electrons. The molecule has 0 N–H and O–H groups in total. The summed E-state index contributed by atoms with van der Waals surface area (Å²) in [5.41, 5.74) is 1.26. The minimum atomic E-state index is -0.291. The van der Waals surface area contributed by atoms with Gasteiger partial charge in [-0.2, -0.15) is 0 Å². The molecule has 0 aliphatic heterocycles. The lowest BCUT2D eigenvalue weighted by Gasteiger charge is -2.23. The van der Waals surface area contributed by atoms with Crippen molar-refractivity contribution < 1.29 is 9.18 Å². The van der Waals surface area contributed by atoms with Crippen molar-refractivity contribution >= 4 is 33.4 Å². The van der Waals surface area contributed by atoms with E-state index in [4.69, 9.17) is 11.6 Å². The summed E-state index contributed by atoms with van der Waals surface area (Å²) in [5, 5.41) is 0.429. The molecule has 0 aromatic heterocycles. The van der Waals surface area contributed by atoms with Crippen molar-refractivity contribution in [3.05, 3.63) is 68.9 Å². The van der Waals surface area contributed by atoms with Crippen LogP contribution in [-0.2, 0) is 6.54 Å². The Labute approximate surface area is 142 Å². The van der Waals surface area contributed by atoms with Crippen molar-refractivity contribution in [3.8, 4) is 0 Å². The first-order valence-corrected chi connectivity index (χ1v) is 8.22. The number of hydrogen-bond donors (Lipinski definition) is 0. The molecule has 1 amide bonds. The second kappa shape index (κ2) is 6.39. The van der Waals surface area contributed by atoms with Gasteiger partial charge in [0.1, 0.15) is 5.82 Å². The normalized spacial score (nSPS) is 14.0. The highest BCUT2D eigenvalue weighted by Gasteiger charge is 2.33. The Kier molecular flexibility index (Phi) is 4.50. The summed E-state index contributed by atoms with van der Waals surface area (Å²) in [4.78, 5) is 14.6. The van der Waals surface area contributed by atoms with Crippen molar-refractivity contribution in [2.45, 2.75) is 25.4 Å². The summed E-state index contributed by atoms with van der Waals surface area (Å²) in [5.74, 6) is -0.403. The van der Waals surface area contributed by atoms with Gasteiger partial charge in [-0.1, -0.05) is 39.7 Å². The quantitative estimate of drug-likeness (QED) is 0.725. The lowest BCUT2D eigenvalue weighted by atomic mass is 10.1. The first-order valence-electron chi connectivity index (χ1n) is 7.05. The van der Waals surface area contributed by atoms with E-state index in [9.17, 15) is 9.18 Å². The van der Waals surface area contributed by atoms with E-state index in [0.29, 0.717) is 17.1 Å². The van der Waals surface area contributed by atoms with Crippen LogP contribution in [0.3, 0.4) is 0 Å². The highest BCUT2D eigenvalue weighted by molar-refractivity contribution is 9.10. The molecule has 2 nitrogen and oxygen atoms in total. The fraction of sp³-hybridized carbons (Fsp3) is 0.235. The summed E-state index contributed by atoms with van der Waals surface area (Å²) < 4.78 is 14.2. The monoisotopic (exact) mass is 381 g/mol. The maximum absolute atomic E-state index is 13.3. The molecule has 114 valence electrons. The number of amides is 1. The average molecular weight is 383 g/mol. The van der Waals surface area contributed by atoms with Gasteiger partial charge in [-0.05, 0) is 48.7 Å². The second-order valence-electron chi connectivity index (χ2n) is 5.42. The molecule has 0 heterocycles. The SMILES string of the molecule is O=C(c1cc(Br)ccc1Cl)N(Cc1cccc(F)c1)C1CC1. The van der Waals surface area contributed by atoms with E-state index < -0.39 is 0 Å².